The van der Waals surface area contributed by atoms with E-state index in [0.29, 0.717) is 58.0 Å². The summed E-state index contributed by atoms with van der Waals surface area (Å²) in [7, 11) is 0. The summed E-state index contributed by atoms with van der Waals surface area (Å²) in [5.41, 5.74) is 27.7. The fourth-order valence-corrected chi connectivity index (χ4v) is 17.2. The van der Waals surface area contributed by atoms with Crippen LogP contribution in [0.2, 0.25) is 0 Å². The average Bonchev–Trinajstić information content (AvgIpc) is 0.845. The van der Waals surface area contributed by atoms with Gasteiger partial charge in [0.1, 0.15) is 0 Å². The van der Waals surface area contributed by atoms with Crippen molar-refractivity contribution in [2.75, 3.05) is 190 Å². The van der Waals surface area contributed by atoms with Crippen LogP contribution >= 0.6 is 0 Å². The van der Waals surface area contributed by atoms with Gasteiger partial charge in [0, 0.05) is 111 Å². The summed E-state index contributed by atoms with van der Waals surface area (Å²) in [6.45, 7) is 16.7. The van der Waals surface area contributed by atoms with Gasteiger partial charge in [0.15, 0.2) is 0 Å². The molecule has 0 bridgehead atoms. The van der Waals surface area contributed by atoms with Crippen molar-refractivity contribution in [3.63, 3.8) is 0 Å². The minimum atomic E-state index is -0.644. The Bertz CT molecular complexity index is 3850. The molecule has 0 aliphatic carbocycles. The maximum absolute atomic E-state index is 15.8. The van der Waals surface area contributed by atoms with Gasteiger partial charge in [-0.25, -0.2) is 0 Å². The molecule has 27 nitrogen and oxygen atoms in total. The highest BCUT2D eigenvalue weighted by Crippen LogP contribution is 2.22. The van der Waals surface area contributed by atoms with Crippen molar-refractivity contribution in [2.24, 2.45) is 34.8 Å². The molecule has 27 heteroatoms. The van der Waals surface area contributed by atoms with Gasteiger partial charge in [-0.1, -0.05) is 298 Å². The van der Waals surface area contributed by atoms with Gasteiger partial charge in [-0.2, -0.15) is 0 Å². The summed E-state index contributed by atoms with van der Waals surface area (Å²) in [4.78, 5) is 185. The zero-order valence-electron chi connectivity index (χ0n) is 82.2. The van der Waals surface area contributed by atoms with Crippen LogP contribution in [-0.4, -0.2) is 314 Å². The summed E-state index contributed by atoms with van der Waals surface area (Å²) in [5.74, 6) is -5.18. The lowest BCUT2D eigenvalue weighted by molar-refractivity contribution is -0.149. The molecule has 5 rings (SSSR count). The monoisotopic (exact) mass is 1830 g/mol. The van der Waals surface area contributed by atoms with E-state index >= 15 is 33.6 Å². The summed E-state index contributed by atoms with van der Waals surface area (Å²) in [6, 6.07) is 38.2. The van der Waals surface area contributed by atoms with E-state index in [2.05, 4.69) is 51.3 Å². The Kier molecular flexibility index (Phi) is 59.8. The van der Waals surface area contributed by atoms with Crippen molar-refractivity contribution in [1.82, 2.24) is 58.8 Å². The highest BCUT2D eigenvalue weighted by atomic mass is 16.2. The van der Waals surface area contributed by atoms with Crippen LogP contribution < -0.4 is 22.9 Å². The van der Waals surface area contributed by atoms with Gasteiger partial charge in [-0.3, -0.25) is 52.7 Å². The lowest BCUT2D eigenvalue weighted by Crippen LogP contribution is -2.54. The van der Waals surface area contributed by atoms with Crippen LogP contribution in [-0.2, 0) is 78.4 Å². The number of nitrogens with two attached hydrogens (primary N) is 4. The molecule has 1 fully saturated rings. The topological polar surface area (TPSA) is 331 Å². The predicted octanol–water partition coefficient (Wildman–Crippen LogP) is 11.9. The molecule has 4 aromatic carbocycles. The number of unbranched alkanes of at least 4 members (excludes halogenated alkanes) is 18. The number of piperazine rings is 1. The zero-order chi connectivity index (χ0) is 95.7. The molecule has 0 radical (unpaired) electrons. The van der Waals surface area contributed by atoms with Gasteiger partial charge in [0.25, 0.3) is 0 Å². The molecule has 1 aliphatic heterocycles. The number of rotatable bonds is 75. The van der Waals surface area contributed by atoms with Gasteiger partial charge < -0.3 is 81.7 Å². The lowest BCUT2D eigenvalue weighted by atomic mass is 9.98. The van der Waals surface area contributed by atoms with E-state index in [4.69, 9.17) is 22.9 Å². The maximum Gasteiger partial charge on any atom is 0.242 e. The van der Waals surface area contributed by atoms with Crippen molar-refractivity contribution in [2.45, 2.75) is 253 Å². The molecule has 8 N–H and O–H groups in total. The molecule has 132 heavy (non-hydrogen) atoms. The van der Waals surface area contributed by atoms with E-state index in [1.807, 2.05) is 121 Å². The van der Waals surface area contributed by atoms with E-state index in [9.17, 15) is 19.2 Å². The Labute approximate surface area is 793 Å². The largest absolute Gasteiger partial charge is 0.368 e. The fourth-order valence-electron chi connectivity index (χ4n) is 17.2. The Hall–Kier alpha value is -9.15. The highest BCUT2D eigenvalue weighted by molar-refractivity contribution is 5.95. The molecular formula is C105H172N16O11. The number of benzene rings is 4. The van der Waals surface area contributed by atoms with Crippen LogP contribution in [0, 0.1) is 11.8 Å². The number of hydrogen-bond donors (Lipinski definition) is 4. The van der Waals surface area contributed by atoms with Crippen molar-refractivity contribution < 1.29 is 52.7 Å². The first-order chi connectivity index (χ1) is 64.1. The summed E-state index contributed by atoms with van der Waals surface area (Å²) in [6.07, 6.45) is 27.8. The molecule has 2 atom stereocenters. The van der Waals surface area contributed by atoms with Crippen molar-refractivity contribution in [3.05, 3.63) is 144 Å². The Morgan fingerprint density at radius 1 is 0.265 bits per heavy atom. The molecule has 1 heterocycles. The van der Waals surface area contributed by atoms with Crippen LogP contribution in [0.1, 0.15) is 250 Å². The van der Waals surface area contributed by atoms with Crippen LogP contribution in [0.3, 0.4) is 0 Å². The molecule has 0 saturated carbocycles. The maximum atomic E-state index is 15.8. The second-order valence-electron chi connectivity index (χ2n) is 36.5. The highest BCUT2D eigenvalue weighted by Gasteiger charge is 2.34. The lowest BCUT2D eigenvalue weighted by Gasteiger charge is -2.34. The minimum absolute atomic E-state index is 0.00474. The molecule has 0 aromatic heterocycles. The molecule has 2 unspecified atom stereocenters. The van der Waals surface area contributed by atoms with Gasteiger partial charge in [0.05, 0.1) is 65.4 Å². The normalized spacial score (nSPS) is 12.6. The summed E-state index contributed by atoms with van der Waals surface area (Å²) >= 11 is 0. The summed E-state index contributed by atoms with van der Waals surface area (Å²) < 4.78 is 0. The molecule has 1 aliphatic rings. The van der Waals surface area contributed by atoms with Crippen molar-refractivity contribution in [1.29, 1.82) is 0 Å². The molecule has 4 aromatic rings. The Morgan fingerprint density at radius 2 is 0.515 bits per heavy atom. The van der Waals surface area contributed by atoms with Gasteiger partial charge in [-0.05, 0) is 124 Å². The third kappa shape index (κ3) is 47.7. The predicted molar refractivity (Wildman–Crippen MR) is 531 cm³/mol. The van der Waals surface area contributed by atoms with E-state index in [-0.39, 0.29) is 128 Å². The van der Waals surface area contributed by atoms with Gasteiger partial charge in [-0.15, -0.1) is 0 Å². The average molecular weight is 1830 g/mol. The molecule has 1 saturated heterocycles. The first kappa shape index (κ1) is 113. The first-order valence-electron chi connectivity index (χ1n) is 50.9. The number of hydrogen-bond acceptors (Lipinski definition) is 16. The zero-order valence-corrected chi connectivity index (χ0v) is 82.2. The van der Waals surface area contributed by atoms with E-state index in [1.165, 1.54) is 45.6 Å². The van der Waals surface area contributed by atoms with Crippen LogP contribution in [0.15, 0.2) is 121 Å². The second kappa shape index (κ2) is 69.6. The standard InChI is InChI=1S/C105H172N16O11/c1-7-13-17-19-21-23-25-42-65-112(87-105(132)121(78-90(12-6)46-16-10-4)88-103(130)113(66-43-26-24-22-20-18-14-8-2)86-104(131)120(79-95(109)122)77-89(11-5)45-15-9-3)97(124)80-114(67-56-91-47-32-27-33-48-91)98(125)82-116(69-58-93-51-36-29-37-52-93)101(128)85-119(72-62-108)102(129)83-117(70-59-94-53-38-30-39-54-94)99(126)81-115(68-57-92-49-34-28-35-50-92)100(127)84-118(71-61-107)96(123)55-40-31-41-63-110-73-75-111(76-74-110)64-44-60-106/h27-30,32-39,47-54,89-90H,7-26,31,40-46,55-88,106-108H2,1-6H3,(H2,109,122). The number of nitrogens with zero attached hydrogens (tertiary/aromatic N) is 12. The SMILES string of the molecule is CCCCCCCCCCN(CC(=O)N(CC(=O)N(CCCCCCCCCC)CC(=O)N(CC(N)=O)CC(CC)CCCC)CC(CC)CCCC)C(=O)CN(CCc1ccccc1)C(=O)CN(CCc1ccccc1)C(=O)CN(CCN)C(=O)CN(CCc1ccccc1)C(=O)CN(CCc1ccccc1)C(=O)CN(CCN)C(=O)CCCCCN1CCN(CCCN)CC1. The third-order valence-corrected chi connectivity index (χ3v) is 25.8. The molecular weight excluding hydrogens is 1660 g/mol. The molecule has 11 amide bonds. The van der Waals surface area contributed by atoms with Crippen LogP contribution in [0.25, 0.3) is 0 Å². The first-order valence-corrected chi connectivity index (χ1v) is 50.9. The number of amides is 11. The number of carbonyl (C=O) groups excluding carboxylic acids is 11. The minimum Gasteiger partial charge on any atom is -0.368 e. The Balaban J connectivity index is 1.49. The van der Waals surface area contributed by atoms with E-state index < -0.39 is 92.4 Å². The van der Waals surface area contributed by atoms with Gasteiger partial charge in [0.2, 0.25) is 65.0 Å². The van der Waals surface area contributed by atoms with Crippen LogP contribution in [0.4, 0.5) is 0 Å². The van der Waals surface area contributed by atoms with Gasteiger partial charge >= 0.3 is 0 Å². The summed E-state index contributed by atoms with van der Waals surface area (Å²) in [5, 5.41) is 0. The second-order valence-corrected chi connectivity index (χ2v) is 36.5. The quantitative estimate of drug-likeness (QED) is 0.0298. The number of primary amides is 1. The third-order valence-electron chi connectivity index (χ3n) is 25.8. The molecule has 0 spiro atoms. The van der Waals surface area contributed by atoms with Crippen molar-refractivity contribution >= 4 is 65.0 Å². The molecule has 738 valence electrons. The Morgan fingerprint density at radius 3 is 0.803 bits per heavy atom. The fraction of sp³-hybridized carbons (Fsp3) is 0.667. The van der Waals surface area contributed by atoms with E-state index in [1.54, 1.807) is 9.80 Å². The van der Waals surface area contributed by atoms with Crippen molar-refractivity contribution in [3.8, 4) is 0 Å². The van der Waals surface area contributed by atoms with E-state index in [0.717, 1.165) is 216 Å². The smallest absolute Gasteiger partial charge is 0.242 e. The number of carbonyl (C=O) groups is 11. The van der Waals surface area contributed by atoms with Crippen LogP contribution in [0.5, 0.6) is 0 Å².